The second-order valence-electron chi connectivity index (χ2n) is 6.09. The van der Waals surface area contributed by atoms with E-state index in [2.05, 4.69) is 36.7 Å². The summed E-state index contributed by atoms with van der Waals surface area (Å²) in [6, 6.07) is 13.9. The highest BCUT2D eigenvalue weighted by Crippen LogP contribution is 2.25. The summed E-state index contributed by atoms with van der Waals surface area (Å²) in [6.07, 6.45) is -0.184. The zero-order chi connectivity index (χ0) is 17.4. The van der Waals surface area contributed by atoms with Crippen LogP contribution in [0.4, 0.5) is 0 Å². The maximum atomic E-state index is 10.2. The lowest BCUT2D eigenvalue weighted by molar-refractivity contribution is 0.102. The van der Waals surface area contributed by atoms with Gasteiger partial charge in [0.25, 0.3) is 0 Å². The van der Waals surface area contributed by atoms with E-state index in [1.165, 1.54) is 4.88 Å². The summed E-state index contributed by atoms with van der Waals surface area (Å²) in [4.78, 5) is 1.28. The Morgan fingerprint density at radius 2 is 2.00 bits per heavy atom. The Morgan fingerprint density at radius 1 is 1.25 bits per heavy atom. The van der Waals surface area contributed by atoms with Gasteiger partial charge >= 0.3 is 0 Å². The average molecular weight is 344 g/mol. The normalized spacial score (nSPS) is 13.5. The molecule has 0 fully saturated rings. The summed E-state index contributed by atoms with van der Waals surface area (Å²) >= 11 is 1.73. The van der Waals surface area contributed by atoms with Gasteiger partial charge in [0.05, 0.1) is 12.5 Å². The smallest absolute Gasteiger partial charge is 0.119 e. The van der Waals surface area contributed by atoms with E-state index in [0.717, 1.165) is 5.56 Å². The molecule has 0 amide bonds. The standard InChI is InChI=1S/C19H24N2O2S/c1-14(2)19(18-4-3-11-24-18)21-12-16(22)13-23-17-7-5-15(6-8-17)9-10-20/h3-8,11,14,16,19,21-22H,9,12-13H2,1-2H3/t16-,19-/m0/s1. The van der Waals surface area contributed by atoms with Crippen molar-refractivity contribution in [3.05, 3.63) is 52.2 Å². The van der Waals surface area contributed by atoms with Crippen LogP contribution >= 0.6 is 11.3 Å². The third-order valence-corrected chi connectivity index (χ3v) is 4.69. The molecule has 5 heteroatoms. The molecule has 0 bridgehead atoms. The number of benzene rings is 1. The molecule has 4 nitrogen and oxygen atoms in total. The van der Waals surface area contributed by atoms with Crippen molar-refractivity contribution in [3.63, 3.8) is 0 Å². The van der Waals surface area contributed by atoms with Crippen molar-refractivity contribution in [1.82, 2.24) is 5.32 Å². The van der Waals surface area contributed by atoms with Crippen LogP contribution < -0.4 is 10.1 Å². The third-order valence-electron chi connectivity index (χ3n) is 3.74. The third kappa shape index (κ3) is 5.64. The number of hydrogen-bond acceptors (Lipinski definition) is 5. The van der Waals surface area contributed by atoms with Gasteiger partial charge in [-0.25, -0.2) is 0 Å². The van der Waals surface area contributed by atoms with Gasteiger partial charge in [-0.1, -0.05) is 32.0 Å². The van der Waals surface area contributed by atoms with E-state index in [1.807, 2.05) is 30.3 Å². The molecule has 2 aromatic rings. The van der Waals surface area contributed by atoms with Gasteiger partial charge in [0, 0.05) is 17.5 Å². The monoisotopic (exact) mass is 344 g/mol. The number of thiophene rings is 1. The average Bonchev–Trinajstić information content (AvgIpc) is 3.08. The van der Waals surface area contributed by atoms with Crippen LogP contribution in [0.3, 0.4) is 0 Å². The van der Waals surface area contributed by atoms with Gasteiger partial charge in [0.15, 0.2) is 0 Å². The number of nitrogens with one attached hydrogen (secondary N) is 1. The van der Waals surface area contributed by atoms with Crippen LogP contribution in [-0.4, -0.2) is 24.4 Å². The number of nitrogens with zero attached hydrogens (tertiary/aromatic N) is 1. The number of aliphatic hydroxyl groups excluding tert-OH is 1. The van der Waals surface area contributed by atoms with Gasteiger partial charge < -0.3 is 15.2 Å². The highest BCUT2D eigenvalue weighted by atomic mass is 32.1. The Bertz CT molecular complexity index is 632. The molecule has 24 heavy (non-hydrogen) atoms. The summed E-state index contributed by atoms with van der Waals surface area (Å²) < 4.78 is 5.61. The van der Waals surface area contributed by atoms with Crippen LogP contribution in [-0.2, 0) is 6.42 Å². The van der Waals surface area contributed by atoms with Gasteiger partial charge in [-0.3, -0.25) is 0 Å². The van der Waals surface area contributed by atoms with Gasteiger partial charge in [0.2, 0.25) is 0 Å². The minimum atomic E-state index is -0.579. The van der Waals surface area contributed by atoms with E-state index in [9.17, 15) is 5.11 Å². The molecule has 0 aliphatic rings. The highest BCUT2D eigenvalue weighted by Gasteiger charge is 2.17. The van der Waals surface area contributed by atoms with Crippen LogP contribution in [0, 0.1) is 17.2 Å². The van der Waals surface area contributed by atoms with Crippen LogP contribution in [0.2, 0.25) is 0 Å². The fraction of sp³-hybridized carbons (Fsp3) is 0.421. The molecular formula is C19H24N2O2S. The molecule has 0 saturated carbocycles. The van der Waals surface area contributed by atoms with Crippen LogP contribution in [0.1, 0.15) is 30.3 Å². The lowest BCUT2D eigenvalue weighted by atomic mass is 10.0. The minimum Gasteiger partial charge on any atom is -0.491 e. The molecule has 2 rings (SSSR count). The molecule has 1 heterocycles. The second-order valence-corrected chi connectivity index (χ2v) is 7.07. The van der Waals surface area contributed by atoms with Crippen LogP contribution in [0.15, 0.2) is 41.8 Å². The Balaban J connectivity index is 1.78. The first-order chi connectivity index (χ1) is 11.6. The molecule has 0 spiro atoms. The molecule has 128 valence electrons. The molecule has 0 saturated heterocycles. The quantitative estimate of drug-likeness (QED) is 0.730. The van der Waals surface area contributed by atoms with E-state index in [4.69, 9.17) is 10.00 Å². The molecule has 1 aromatic carbocycles. The Hall–Kier alpha value is -1.87. The molecule has 1 aromatic heterocycles. The van der Waals surface area contributed by atoms with Crippen molar-refractivity contribution in [1.29, 1.82) is 5.26 Å². The van der Waals surface area contributed by atoms with Gasteiger partial charge in [-0.05, 0) is 35.1 Å². The van der Waals surface area contributed by atoms with E-state index >= 15 is 0 Å². The summed E-state index contributed by atoms with van der Waals surface area (Å²) in [6.45, 7) is 5.05. The van der Waals surface area contributed by atoms with Crippen molar-refractivity contribution in [2.45, 2.75) is 32.4 Å². The number of hydrogen-bond donors (Lipinski definition) is 2. The summed E-state index contributed by atoms with van der Waals surface area (Å²) in [5.74, 6) is 1.15. The van der Waals surface area contributed by atoms with Gasteiger partial charge in [0.1, 0.15) is 18.5 Å². The minimum absolute atomic E-state index is 0.236. The van der Waals surface area contributed by atoms with Crippen molar-refractivity contribution in [3.8, 4) is 11.8 Å². The Morgan fingerprint density at radius 3 is 2.58 bits per heavy atom. The van der Waals surface area contributed by atoms with Crippen LogP contribution in [0.25, 0.3) is 0 Å². The zero-order valence-corrected chi connectivity index (χ0v) is 14.9. The molecule has 0 aliphatic carbocycles. The highest BCUT2D eigenvalue weighted by molar-refractivity contribution is 7.10. The lowest BCUT2D eigenvalue weighted by Gasteiger charge is -2.23. The Labute approximate surface area is 147 Å². The summed E-state index contributed by atoms with van der Waals surface area (Å²) in [5, 5.41) is 24.3. The zero-order valence-electron chi connectivity index (χ0n) is 14.1. The molecule has 2 N–H and O–H groups in total. The first kappa shape index (κ1) is 18.5. The fourth-order valence-electron chi connectivity index (χ4n) is 2.44. The predicted molar refractivity (Wildman–Crippen MR) is 97.2 cm³/mol. The second kappa shape index (κ2) is 9.43. The molecule has 2 atom stereocenters. The van der Waals surface area contributed by atoms with Crippen LogP contribution in [0.5, 0.6) is 5.75 Å². The number of nitriles is 1. The number of rotatable bonds is 9. The Kier molecular flexibility index (Phi) is 7.26. The number of aliphatic hydroxyl groups is 1. The van der Waals surface area contributed by atoms with Crippen molar-refractivity contribution >= 4 is 11.3 Å². The summed E-state index contributed by atoms with van der Waals surface area (Å²) in [5.41, 5.74) is 0.961. The molecule has 0 radical (unpaired) electrons. The SMILES string of the molecule is CC(C)[C@H](NC[C@H](O)COc1ccc(CC#N)cc1)c1cccs1. The van der Waals surface area contributed by atoms with E-state index in [1.54, 1.807) is 11.3 Å². The fourth-order valence-corrected chi connectivity index (χ4v) is 3.42. The van der Waals surface area contributed by atoms with E-state index in [0.29, 0.717) is 24.6 Å². The number of ether oxygens (including phenoxy) is 1. The first-order valence-corrected chi connectivity index (χ1v) is 9.01. The largest absolute Gasteiger partial charge is 0.491 e. The predicted octanol–water partition coefficient (Wildman–Crippen LogP) is 3.54. The maximum Gasteiger partial charge on any atom is 0.119 e. The van der Waals surface area contributed by atoms with Crippen molar-refractivity contribution in [2.75, 3.05) is 13.2 Å². The van der Waals surface area contributed by atoms with Gasteiger partial charge in [-0.15, -0.1) is 11.3 Å². The topological polar surface area (TPSA) is 65.3 Å². The maximum absolute atomic E-state index is 10.2. The molecular weight excluding hydrogens is 320 g/mol. The van der Waals surface area contributed by atoms with E-state index in [-0.39, 0.29) is 12.6 Å². The molecule has 0 unspecified atom stereocenters. The van der Waals surface area contributed by atoms with Crippen molar-refractivity contribution in [2.24, 2.45) is 5.92 Å². The summed E-state index contributed by atoms with van der Waals surface area (Å²) in [7, 11) is 0. The molecule has 0 aliphatic heterocycles. The van der Waals surface area contributed by atoms with E-state index < -0.39 is 6.10 Å². The lowest BCUT2D eigenvalue weighted by Crippen LogP contribution is -2.35. The van der Waals surface area contributed by atoms with Crippen molar-refractivity contribution < 1.29 is 9.84 Å². The van der Waals surface area contributed by atoms with Gasteiger partial charge in [-0.2, -0.15) is 5.26 Å². The first-order valence-electron chi connectivity index (χ1n) is 8.13.